The van der Waals surface area contributed by atoms with Crippen molar-refractivity contribution in [1.29, 1.82) is 0 Å². The van der Waals surface area contributed by atoms with Crippen LogP contribution in [0.25, 0.3) is 6.08 Å². The Labute approximate surface area is 248 Å². The molecule has 216 valence electrons. The number of amides is 3. The molecule has 1 heterocycles. The number of nitro groups is 1. The quantitative estimate of drug-likeness (QED) is 0.138. The molecule has 4 rings (SSSR count). The van der Waals surface area contributed by atoms with Crippen LogP contribution in [0.1, 0.15) is 21.5 Å². The molecular formula is C28H22ClN3O9S. The van der Waals surface area contributed by atoms with Gasteiger partial charge in [-0.15, -0.1) is 0 Å². The predicted octanol–water partition coefficient (Wildman–Crippen LogP) is 5.30. The van der Waals surface area contributed by atoms with Crippen LogP contribution in [0.2, 0.25) is 5.02 Å². The van der Waals surface area contributed by atoms with E-state index >= 15 is 0 Å². The van der Waals surface area contributed by atoms with Crippen molar-refractivity contribution in [2.45, 2.75) is 6.61 Å². The minimum absolute atomic E-state index is 0.0264. The second kappa shape index (κ2) is 13.2. The highest BCUT2D eigenvalue weighted by Gasteiger charge is 2.36. The summed E-state index contributed by atoms with van der Waals surface area (Å²) in [6.07, 6.45) is 1.49. The predicted molar refractivity (Wildman–Crippen MR) is 155 cm³/mol. The van der Waals surface area contributed by atoms with Crippen molar-refractivity contribution in [2.75, 3.05) is 26.1 Å². The summed E-state index contributed by atoms with van der Waals surface area (Å²) in [6, 6.07) is 15.0. The summed E-state index contributed by atoms with van der Waals surface area (Å²) in [5, 5.41) is 12.9. The fourth-order valence-corrected chi connectivity index (χ4v) is 4.80. The van der Waals surface area contributed by atoms with Crippen molar-refractivity contribution >= 4 is 63.8 Å². The molecule has 1 saturated heterocycles. The van der Waals surface area contributed by atoms with Crippen LogP contribution in [0.4, 0.5) is 16.2 Å². The van der Waals surface area contributed by atoms with Crippen LogP contribution in [0.3, 0.4) is 0 Å². The van der Waals surface area contributed by atoms with Gasteiger partial charge in [0.2, 0.25) is 5.91 Å². The van der Waals surface area contributed by atoms with E-state index in [0.717, 1.165) is 4.90 Å². The van der Waals surface area contributed by atoms with Gasteiger partial charge in [-0.25, -0.2) is 4.79 Å². The van der Waals surface area contributed by atoms with Crippen molar-refractivity contribution in [2.24, 2.45) is 0 Å². The Balaban J connectivity index is 1.41. The number of carbonyl (C=O) groups excluding carboxylic acids is 4. The number of ether oxygens (including phenoxy) is 3. The van der Waals surface area contributed by atoms with Gasteiger partial charge in [0.15, 0.2) is 11.5 Å². The molecule has 3 aromatic carbocycles. The Hall–Kier alpha value is -4.88. The SMILES string of the molecule is COC(=O)c1cc(NC(=O)CN2C(=O)S/C(=C/c3ccc(OCc4ccc([N+](=O)[O-])cc4)c(OC)c3)C2=O)ccc1Cl. The number of nitro benzene ring substituents is 1. The number of benzene rings is 3. The highest BCUT2D eigenvalue weighted by atomic mass is 35.5. The summed E-state index contributed by atoms with van der Waals surface area (Å²) in [4.78, 5) is 61.2. The number of imide groups is 1. The van der Waals surface area contributed by atoms with Gasteiger partial charge in [0.1, 0.15) is 13.2 Å². The molecule has 1 N–H and O–H groups in total. The van der Waals surface area contributed by atoms with Crippen LogP contribution in [0.15, 0.2) is 65.6 Å². The van der Waals surface area contributed by atoms with Crippen LogP contribution in [0.5, 0.6) is 11.5 Å². The first-order chi connectivity index (χ1) is 20.1. The maximum absolute atomic E-state index is 12.9. The third-order valence-corrected chi connectivity index (χ3v) is 7.09. The van der Waals surface area contributed by atoms with E-state index in [2.05, 4.69) is 10.1 Å². The van der Waals surface area contributed by atoms with E-state index < -0.39 is 34.5 Å². The second-order valence-electron chi connectivity index (χ2n) is 8.62. The lowest BCUT2D eigenvalue weighted by Gasteiger charge is -2.13. The Morgan fingerprint density at radius 2 is 1.79 bits per heavy atom. The first-order valence-corrected chi connectivity index (χ1v) is 13.3. The Morgan fingerprint density at radius 3 is 2.45 bits per heavy atom. The van der Waals surface area contributed by atoms with Gasteiger partial charge in [-0.1, -0.05) is 17.7 Å². The number of rotatable bonds is 10. The van der Waals surface area contributed by atoms with E-state index in [1.54, 1.807) is 30.3 Å². The normalized spacial score (nSPS) is 13.7. The number of hydrogen-bond acceptors (Lipinski definition) is 10. The van der Waals surface area contributed by atoms with Gasteiger partial charge in [0, 0.05) is 17.8 Å². The topological polar surface area (TPSA) is 154 Å². The zero-order chi connectivity index (χ0) is 30.4. The molecule has 12 nitrogen and oxygen atoms in total. The molecular weight excluding hydrogens is 590 g/mol. The van der Waals surface area contributed by atoms with Crippen LogP contribution in [-0.4, -0.2) is 53.6 Å². The third kappa shape index (κ3) is 7.06. The molecule has 0 spiro atoms. The maximum atomic E-state index is 12.9. The molecule has 0 aromatic heterocycles. The molecule has 42 heavy (non-hydrogen) atoms. The zero-order valence-corrected chi connectivity index (χ0v) is 23.7. The molecule has 1 fully saturated rings. The number of halogens is 1. The molecule has 3 amide bonds. The number of hydrogen-bond donors (Lipinski definition) is 1. The van der Waals surface area contributed by atoms with Gasteiger partial charge >= 0.3 is 5.97 Å². The van der Waals surface area contributed by atoms with Gasteiger partial charge in [0.05, 0.1) is 34.6 Å². The molecule has 3 aromatic rings. The number of anilines is 1. The number of thioether (sulfide) groups is 1. The molecule has 0 unspecified atom stereocenters. The highest BCUT2D eigenvalue weighted by Crippen LogP contribution is 2.35. The molecule has 1 aliphatic rings. The second-order valence-corrected chi connectivity index (χ2v) is 10.0. The fraction of sp³-hybridized carbons (Fsp3) is 0.143. The summed E-state index contributed by atoms with van der Waals surface area (Å²) in [5.41, 5.74) is 1.51. The Kier molecular flexibility index (Phi) is 9.45. The number of non-ortho nitro benzene ring substituents is 1. The maximum Gasteiger partial charge on any atom is 0.339 e. The smallest absolute Gasteiger partial charge is 0.339 e. The average Bonchev–Trinajstić information content (AvgIpc) is 3.24. The fourth-order valence-electron chi connectivity index (χ4n) is 3.77. The van der Waals surface area contributed by atoms with Gasteiger partial charge in [-0.05, 0) is 71.4 Å². The summed E-state index contributed by atoms with van der Waals surface area (Å²) < 4.78 is 15.9. The van der Waals surface area contributed by atoms with Crippen molar-refractivity contribution in [3.63, 3.8) is 0 Å². The van der Waals surface area contributed by atoms with E-state index in [1.807, 2.05) is 0 Å². The number of nitrogens with zero attached hydrogens (tertiary/aromatic N) is 2. The lowest BCUT2D eigenvalue weighted by Crippen LogP contribution is -2.36. The summed E-state index contributed by atoms with van der Waals surface area (Å²) in [6.45, 7) is -0.411. The molecule has 0 saturated carbocycles. The molecule has 0 bridgehead atoms. The lowest BCUT2D eigenvalue weighted by molar-refractivity contribution is -0.384. The lowest BCUT2D eigenvalue weighted by atomic mass is 10.1. The number of esters is 1. The number of carbonyl (C=O) groups is 4. The summed E-state index contributed by atoms with van der Waals surface area (Å²) in [7, 11) is 2.64. The largest absolute Gasteiger partial charge is 0.493 e. The molecule has 1 aliphatic heterocycles. The zero-order valence-electron chi connectivity index (χ0n) is 22.1. The van der Waals surface area contributed by atoms with Crippen LogP contribution >= 0.6 is 23.4 Å². The van der Waals surface area contributed by atoms with Crippen LogP contribution < -0.4 is 14.8 Å². The van der Waals surface area contributed by atoms with Gasteiger partial charge in [-0.2, -0.15) is 0 Å². The standard InChI is InChI=1S/C28H22ClN3O9S/c1-39-23-11-17(5-10-22(23)41-15-16-3-7-19(8-4-16)32(37)38)12-24-26(34)31(28(36)42-24)14-25(33)30-18-6-9-21(29)20(13-18)27(35)40-2/h3-13H,14-15H2,1-2H3,(H,30,33)/b24-12+. The molecule has 14 heteroatoms. The van der Waals surface area contributed by atoms with Crippen molar-refractivity contribution < 1.29 is 38.3 Å². The van der Waals surface area contributed by atoms with Gasteiger partial charge < -0.3 is 19.5 Å². The molecule has 0 aliphatic carbocycles. The van der Waals surface area contributed by atoms with E-state index in [9.17, 15) is 29.3 Å². The first kappa shape index (κ1) is 30.1. The van der Waals surface area contributed by atoms with Crippen molar-refractivity contribution in [1.82, 2.24) is 4.90 Å². The van der Waals surface area contributed by atoms with Crippen LogP contribution in [-0.2, 0) is 20.9 Å². The third-order valence-electron chi connectivity index (χ3n) is 5.86. The summed E-state index contributed by atoms with van der Waals surface area (Å²) >= 11 is 6.68. The molecule has 0 atom stereocenters. The monoisotopic (exact) mass is 611 g/mol. The van der Waals surface area contributed by atoms with Crippen molar-refractivity contribution in [3.8, 4) is 11.5 Å². The molecule has 0 radical (unpaired) electrons. The highest BCUT2D eigenvalue weighted by molar-refractivity contribution is 8.18. The minimum atomic E-state index is -0.687. The van der Waals surface area contributed by atoms with Crippen LogP contribution in [0, 0.1) is 10.1 Å². The average molecular weight is 612 g/mol. The van der Waals surface area contributed by atoms with Crippen molar-refractivity contribution in [3.05, 3.63) is 97.4 Å². The first-order valence-electron chi connectivity index (χ1n) is 12.1. The van der Waals surface area contributed by atoms with Gasteiger partial charge in [0.25, 0.3) is 16.8 Å². The van der Waals surface area contributed by atoms with E-state index in [-0.39, 0.29) is 33.5 Å². The summed E-state index contributed by atoms with van der Waals surface area (Å²) in [5.74, 6) is -1.24. The minimum Gasteiger partial charge on any atom is -0.493 e. The number of nitrogens with one attached hydrogen (secondary N) is 1. The van der Waals surface area contributed by atoms with Gasteiger partial charge in [-0.3, -0.25) is 29.4 Å². The Bertz CT molecular complexity index is 1610. The number of methoxy groups -OCH3 is 2. The van der Waals surface area contributed by atoms with E-state index in [4.69, 9.17) is 21.1 Å². The Morgan fingerprint density at radius 1 is 1.05 bits per heavy atom. The van der Waals surface area contributed by atoms with E-state index in [0.29, 0.717) is 34.4 Å². The van der Waals surface area contributed by atoms with E-state index in [1.165, 1.54) is 50.6 Å².